The van der Waals surface area contributed by atoms with Crippen molar-refractivity contribution in [3.8, 4) is 0 Å². The van der Waals surface area contributed by atoms with Crippen LogP contribution < -0.4 is 10.9 Å². The van der Waals surface area contributed by atoms with E-state index >= 15 is 0 Å². The van der Waals surface area contributed by atoms with Gasteiger partial charge in [-0.25, -0.2) is 0 Å². The van der Waals surface area contributed by atoms with Crippen molar-refractivity contribution >= 4 is 11.8 Å². The second-order valence-corrected chi connectivity index (χ2v) is 9.70. The molecule has 2 amide bonds. The molecule has 7 nitrogen and oxygen atoms in total. The van der Waals surface area contributed by atoms with Crippen LogP contribution in [0.4, 0.5) is 0 Å². The zero-order valence-electron chi connectivity index (χ0n) is 17.8. The van der Waals surface area contributed by atoms with Crippen LogP contribution in [-0.2, 0) is 29.0 Å². The number of carbonyl (C=O) groups is 2. The minimum atomic E-state index is -0.712. The molecule has 0 unspecified atom stereocenters. The minimum Gasteiger partial charge on any atom is -0.396 e. The standard InChI is InChI=1S/C25H27N3O4/c29-13-19-18-12-27-20(6-3-7-21(27)30)22(18)28(25(32)14-8-9-14)23(19)24(31)26-17-10-15-4-1-2-5-16(15)11-17/h1-7,14,17-19,22-23,29H,8-13H2,(H,26,31)/t18-,19-,22+,23-/m0/s1. The van der Waals surface area contributed by atoms with Crippen molar-refractivity contribution in [2.45, 2.75) is 50.4 Å². The quantitative estimate of drug-likeness (QED) is 0.754. The zero-order chi connectivity index (χ0) is 22.0. The second-order valence-electron chi connectivity index (χ2n) is 9.70. The highest BCUT2D eigenvalue weighted by atomic mass is 16.3. The molecular weight excluding hydrogens is 406 g/mol. The number of aliphatic hydroxyl groups is 1. The van der Waals surface area contributed by atoms with Crippen LogP contribution in [0, 0.1) is 17.8 Å². The van der Waals surface area contributed by atoms with Crippen molar-refractivity contribution in [2.24, 2.45) is 17.8 Å². The van der Waals surface area contributed by atoms with E-state index in [4.69, 9.17) is 0 Å². The maximum atomic E-state index is 13.6. The number of aromatic nitrogens is 1. The van der Waals surface area contributed by atoms with Crippen LogP contribution in [0.5, 0.6) is 0 Å². The van der Waals surface area contributed by atoms with Gasteiger partial charge >= 0.3 is 0 Å². The first kappa shape index (κ1) is 19.7. The third-order valence-electron chi connectivity index (χ3n) is 7.80. The summed E-state index contributed by atoms with van der Waals surface area (Å²) in [6.45, 7) is 0.235. The van der Waals surface area contributed by atoms with Gasteiger partial charge in [0.2, 0.25) is 11.8 Å². The van der Waals surface area contributed by atoms with Crippen molar-refractivity contribution in [1.82, 2.24) is 14.8 Å². The van der Waals surface area contributed by atoms with Crippen molar-refractivity contribution in [2.75, 3.05) is 6.61 Å². The maximum Gasteiger partial charge on any atom is 0.250 e. The normalized spacial score (nSPS) is 28.3. The molecule has 1 aromatic heterocycles. The van der Waals surface area contributed by atoms with Gasteiger partial charge < -0.3 is 19.9 Å². The van der Waals surface area contributed by atoms with Crippen LogP contribution in [0.25, 0.3) is 0 Å². The van der Waals surface area contributed by atoms with Crippen LogP contribution in [0.2, 0.25) is 0 Å². The lowest BCUT2D eigenvalue weighted by molar-refractivity contribution is -0.143. The van der Waals surface area contributed by atoms with E-state index in [0.29, 0.717) is 6.54 Å². The van der Waals surface area contributed by atoms with Gasteiger partial charge in [0.25, 0.3) is 5.56 Å². The molecule has 2 aromatic rings. The number of aliphatic hydroxyl groups excluding tert-OH is 1. The summed E-state index contributed by atoms with van der Waals surface area (Å²) in [5.74, 6) is -0.797. The summed E-state index contributed by atoms with van der Waals surface area (Å²) in [5, 5.41) is 13.5. The lowest BCUT2D eigenvalue weighted by Crippen LogP contribution is -2.53. The number of hydrogen-bond acceptors (Lipinski definition) is 4. The second kappa shape index (κ2) is 7.30. The summed E-state index contributed by atoms with van der Waals surface area (Å²) in [6.07, 6.45) is 3.23. The van der Waals surface area contributed by atoms with E-state index < -0.39 is 12.0 Å². The monoisotopic (exact) mass is 433 g/mol. The molecule has 7 heteroatoms. The first-order valence-electron chi connectivity index (χ1n) is 11.6. The van der Waals surface area contributed by atoms with Gasteiger partial charge in [-0.05, 0) is 42.9 Å². The molecule has 166 valence electrons. The molecule has 4 aliphatic rings. The van der Waals surface area contributed by atoms with Crippen LogP contribution in [-0.4, -0.2) is 45.1 Å². The van der Waals surface area contributed by atoms with E-state index in [-0.39, 0.29) is 47.9 Å². The molecule has 2 N–H and O–H groups in total. The molecule has 0 spiro atoms. The fraction of sp³-hybridized carbons (Fsp3) is 0.480. The Morgan fingerprint density at radius 3 is 2.41 bits per heavy atom. The third kappa shape index (κ3) is 2.94. The Morgan fingerprint density at radius 1 is 1.03 bits per heavy atom. The lowest BCUT2D eigenvalue weighted by Gasteiger charge is -2.32. The highest BCUT2D eigenvalue weighted by Crippen LogP contribution is 2.51. The van der Waals surface area contributed by atoms with Gasteiger partial charge in [0.1, 0.15) is 6.04 Å². The van der Waals surface area contributed by atoms with E-state index in [1.807, 2.05) is 18.2 Å². The Bertz CT molecular complexity index is 1130. The molecule has 4 atom stereocenters. The molecule has 6 rings (SSSR count). The summed E-state index contributed by atoms with van der Waals surface area (Å²) in [5.41, 5.74) is 3.17. The average molecular weight is 434 g/mol. The van der Waals surface area contributed by atoms with Crippen molar-refractivity contribution in [3.63, 3.8) is 0 Å². The molecule has 2 aliphatic carbocycles. The molecule has 0 bridgehead atoms. The molecule has 0 radical (unpaired) electrons. The predicted octanol–water partition coefficient (Wildman–Crippen LogP) is 1.03. The summed E-state index contributed by atoms with van der Waals surface area (Å²) in [6, 6.07) is 12.3. The van der Waals surface area contributed by atoms with E-state index in [1.165, 1.54) is 17.2 Å². The first-order chi connectivity index (χ1) is 15.6. The summed E-state index contributed by atoms with van der Waals surface area (Å²) >= 11 is 0. The van der Waals surface area contributed by atoms with E-state index in [2.05, 4.69) is 17.4 Å². The van der Waals surface area contributed by atoms with Crippen molar-refractivity contribution in [1.29, 1.82) is 0 Å². The third-order valence-corrected chi connectivity index (χ3v) is 7.80. The molecule has 1 aromatic carbocycles. The lowest BCUT2D eigenvalue weighted by atomic mass is 9.88. The number of likely N-dealkylation sites (tertiary alicyclic amines) is 1. The van der Waals surface area contributed by atoms with Gasteiger partial charge in [0.15, 0.2) is 0 Å². The van der Waals surface area contributed by atoms with Gasteiger partial charge in [0, 0.05) is 48.7 Å². The predicted molar refractivity (Wildman–Crippen MR) is 117 cm³/mol. The highest BCUT2D eigenvalue weighted by molar-refractivity contribution is 5.91. The van der Waals surface area contributed by atoms with Crippen molar-refractivity contribution in [3.05, 3.63) is 69.6 Å². The SMILES string of the molecule is O=C(NC1Cc2ccccc2C1)[C@@H]1[C@@H](CO)[C@@H]2Cn3c(cccc3=O)[C@@H]2N1C(=O)C1CC1. The van der Waals surface area contributed by atoms with Crippen molar-refractivity contribution < 1.29 is 14.7 Å². The smallest absolute Gasteiger partial charge is 0.250 e. The number of hydrogen-bond donors (Lipinski definition) is 2. The van der Waals surface area contributed by atoms with E-state index in [9.17, 15) is 19.5 Å². The number of carbonyl (C=O) groups excluding carboxylic acids is 2. The Kier molecular flexibility index (Phi) is 4.50. The van der Waals surface area contributed by atoms with Gasteiger partial charge in [-0.1, -0.05) is 30.3 Å². The minimum absolute atomic E-state index is 0.00698. The van der Waals surface area contributed by atoms with Gasteiger partial charge in [0.05, 0.1) is 6.04 Å². The molecule has 3 heterocycles. The average Bonchev–Trinajstić information content (AvgIpc) is 3.32. The van der Waals surface area contributed by atoms with Gasteiger partial charge in [-0.3, -0.25) is 14.4 Å². The Morgan fingerprint density at radius 2 is 1.75 bits per heavy atom. The summed E-state index contributed by atoms with van der Waals surface area (Å²) in [4.78, 5) is 41.2. The number of nitrogens with zero attached hydrogens (tertiary/aromatic N) is 2. The fourth-order valence-electron chi connectivity index (χ4n) is 6.17. The van der Waals surface area contributed by atoms with E-state index in [1.54, 1.807) is 15.5 Å². The molecular formula is C25H27N3O4. The van der Waals surface area contributed by atoms with Crippen LogP contribution >= 0.6 is 0 Å². The largest absolute Gasteiger partial charge is 0.396 e. The number of fused-ring (bicyclic) bond motifs is 4. The molecule has 1 saturated carbocycles. The molecule has 32 heavy (non-hydrogen) atoms. The summed E-state index contributed by atoms with van der Waals surface area (Å²) in [7, 11) is 0. The number of nitrogens with one attached hydrogen (secondary N) is 1. The number of pyridine rings is 1. The number of rotatable bonds is 4. The van der Waals surface area contributed by atoms with Crippen LogP contribution in [0.3, 0.4) is 0 Å². The maximum absolute atomic E-state index is 13.6. The zero-order valence-corrected chi connectivity index (χ0v) is 17.8. The Labute approximate surface area is 186 Å². The topological polar surface area (TPSA) is 91.6 Å². The Balaban J connectivity index is 1.33. The van der Waals surface area contributed by atoms with Gasteiger partial charge in [-0.15, -0.1) is 0 Å². The molecule has 1 saturated heterocycles. The van der Waals surface area contributed by atoms with Crippen LogP contribution in [0.1, 0.15) is 35.7 Å². The number of benzene rings is 1. The van der Waals surface area contributed by atoms with Gasteiger partial charge in [-0.2, -0.15) is 0 Å². The fourth-order valence-corrected chi connectivity index (χ4v) is 6.17. The first-order valence-corrected chi connectivity index (χ1v) is 11.6. The van der Waals surface area contributed by atoms with Crippen LogP contribution in [0.15, 0.2) is 47.3 Å². The van der Waals surface area contributed by atoms with E-state index in [0.717, 1.165) is 31.4 Å². The highest BCUT2D eigenvalue weighted by Gasteiger charge is 2.58. The summed E-state index contributed by atoms with van der Waals surface area (Å²) < 4.78 is 1.70. The molecule has 2 aliphatic heterocycles. The molecule has 2 fully saturated rings. The number of amides is 2. The Hall–Kier alpha value is -2.93.